The summed E-state index contributed by atoms with van der Waals surface area (Å²) in [6.45, 7) is 6.58. The molecule has 0 aliphatic carbocycles. The van der Waals surface area contributed by atoms with Gasteiger partial charge in [-0.2, -0.15) is 0 Å². The molecular weight excluding hydrogens is 156 g/mol. The molecule has 0 heteroatoms. The molecule has 1 unspecified atom stereocenters. The Morgan fingerprint density at radius 1 is 1.23 bits per heavy atom. The van der Waals surface area contributed by atoms with E-state index in [4.69, 9.17) is 0 Å². The topological polar surface area (TPSA) is 0 Å². The van der Waals surface area contributed by atoms with Gasteiger partial charge >= 0.3 is 0 Å². The number of unbranched alkanes of at least 4 members (excludes halogenated alkanes) is 2. The summed E-state index contributed by atoms with van der Waals surface area (Å²) in [6, 6.07) is 0. The second-order valence-electron chi connectivity index (χ2n) is 3.51. The first-order valence-corrected chi connectivity index (χ1v) is 5.46. The van der Waals surface area contributed by atoms with Gasteiger partial charge in [0.2, 0.25) is 0 Å². The van der Waals surface area contributed by atoms with Crippen LogP contribution in [0.5, 0.6) is 0 Å². The molecule has 0 aliphatic heterocycles. The van der Waals surface area contributed by atoms with E-state index < -0.39 is 0 Å². The molecule has 0 spiro atoms. The van der Waals surface area contributed by atoms with E-state index in [1.165, 1.54) is 25.7 Å². The van der Waals surface area contributed by atoms with Crippen molar-refractivity contribution < 1.29 is 0 Å². The van der Waals surface area contributed by atoms with Crippen LogP contribution in [0.3, 0.4) is 0 Å². The maximum absolute atomic E-state index is 3.03. The Morgan fingerprint density at radius 3 is 2.62 bits per heavy atom. The average Bonchev–Trinajstić information content (AvgIpc) is 2.13. The van der Waals surface area contributed by atoms with E-state index in [-0.39, 0.29) is 0 Å². The largest absolute Gasteiger partial charge is 0.0988 e. The molecule has 0 aromatic rings. The second-order valence-corrected chi connectivity index (χ2v) is 3.51. The smallest absolute Gasteiger partial charge is 0.00637 e. The quantitative estimate of drug-likeness (QED) is 0.438. The molecule has 0 aromatic heterocycles. The van der Waals surface area contributed by atoms with Crippen molar-refractivity contribution in [3.63, 3.8) is 0 Å². The summed E-state index contributed by atoms with van der Waals surface area (Å²) < 4.78 is 0. The molecule has 0 aliphatic rings. The summed E-state index contributed by atoms with van der Waals surface area (Å²) in [5, 5.41) is 0. The molecule has 0 amide bonds. The van der Waals surface area contributed by atoms with E-state index in [2.05, 4.69) is 38.7 Å². The third-order valence-corrected chi connectivity index (χ3v) is 2.05. The van der Waals surface area contributed by atoms with Gasteiger partial charge in [-0.15, -0.1) is 0 Å². The molecule has 0 fully saturated rings. The fraction of sp³-hybridized carbons (Fsp3) is 0.692. The Bertz CT molecular complexity index is 178. The Balaban J connectivity index is 3.48. The molecular formula is C13H22. The average molecular weight is 178 g/mol. The minimum atomic E-state index is 0.692. The molecule has 0 N–H and O–H groups in total. The summed E-state index contributed by atoms with van der Waals surface area (Å²) in [6.07, 6.45) is 10.5. The number of rotatable bonds is 5. The van der Waals surface area contributed by atoms with Gasteiger partial charge in [0, 0.05) is 6.42 Å². The van der Waals surface area contributed by atoms with Crippen LogP contribution in [-0.2, 0) is 0 Å². The van der Waals surface area contributed by atoms with Crippen molar-refractivity contribution in [1.82, 2.24) is 0 Å². The minimum Gasteiger partial charge on any atom is -0.0988 e. The highest BCUT2D eigenvalue weighted by atomic mass is 14.0. The van der Waals surface area contributed by atoms with Crippen molar-refractivity contribution in [2.75, 3.05) is 0 Å². The SMILES string of the molecule is CCC#CC=CC(C)CCCCC. The zero-order valence-electron chi connectivity index (χ0n) is 9.27. The van der Waals surface area contributed by atoms with Crippen molar-refractivity contribution in [3.8, 4) is 11.8 Å². The highest BCUT2D eigenvalue weighted by molar-refractivity contribution is 5.15. The monoisotopic (exact) mass is 178 g/mol. The second kappa shape index (κ2) is 9.39. The summed E-state index contributed by atoms with van der Waals surface area (Å²) in [7, 11) is 0. The molecule has 1 atom stereocenters. The van der Waals surface area contributed by atoms with Crippen molar-refractivity contribution in [1.29, 1.82) is 0 Å². The Hall–Kier alpha value is -0.700. The van der Waals surface area contributed by atoms with E-state index >= 15 is 0 Å². The van der Waals surface area contributed by atoms with Gasteiger partial charge in [-0.05, 0) is 18.4 Å². The van der Waals surface area contributed by atoms with Crippen LogP contribution in [0.2, 0.25) is 0 Å². The van der Waals surface area contributed by atoms with Crippen LogP contribution in [0.25, 0.3) is 0 Å². The van der Waals surface area contributed by atoms with Crippen LogP contribution < -0.4 is 0 Å². The first-order chi connectivity index (χ1) is 6.31. The van der Waals surface area contributed by atoms with Crippen molar-refractivity contribution in [2.24, 2.45) is 5.92 Å². The molecule has 0 rings (SSSR count). The van der Waals surface area contributed by atoms with Crippen LogP contribution in [-0.4, -0.2) is 0 Å². The van der Waals surface area contributed by atoms with E-state index in [1.54, 1.807) is 0 Å². The number of hydrogen-bond acceptors (Lipinski definition) is 0. The predicted octanol–water partition coefficient (Wildman–Crippen LogP) is 4.17. The first kappa shape index (κ1) is 12.3. The summed E-state index contributed by atoms with van der Waals surface area (Å²) in [5.74, 6) is 6.75. The summed E-state index contributed by atoms with van der Waals surface area (Å²) >= 11 is 0. The first-order valence-electron chi connectivity index (χ1n) is 5.46. The summed E-state index contributed by atoms with van der Waals surface area (Å²) in [4.78, 5) is 0. The van der Waals surface area contributed by atoms with Crippen LogP contribution >= 0.6 is 0 Å². The standard InChI is InChI=1S/C13H22/c1-4-6-8-10-12-13(3)11-9-7-5-2/h10,12-13H,4-5,7,9,11H2,1-3H3. The zero-order chi connectivity index (χ0) is 9.94. The van der Waals surface area contributed by atoms with Gasteiger partial charge in [-0.3, -0.25) is 0 Å². The van der Waals surface area contributed by atoms with E-state index in [1.807, 2.05) is 6.08 Å². The van der Waals surface area contributed by atoms with Gasteiger partial charge in [0.25, 0.3) is 0 Å². The molecule has 13 heavy (non-hydrogen) atoms. The van der Waals surface area contributed by atoms with Crippen molar-refractivity contribution in [3.05, 3.63) is 12.2 Å². The third kappa shape index (κ3) is 9.21. The van der Waals surface area contributed by atoms with Gasteiger partial charge < -0.3 is 0 Å². The molecule has 0 nitrogen and oxygen atoms in total. The van der Waals surface area contributed by atoms with Crippen LogP contribution in [0.1, 0.15) is 52.9 Å². The van der Waals surface area contributed by atoms with Crippen LogP contribution in [0.15, 0.2) is 12.2 Å². The minimum absolute atomic E-state index is 0.692. The number of hydrogen-bond donors (Lipinski definition) is 0. The maximum atomic E-state index is 3.03. The lowest BCUT2D eigenvalue weighted by Crippen LogP contribution is -1.88. The van der Waals surface area contributed by atoms with Gasteiger partial charge in [0.15, 0.2) is 0 Å². The normalized spacial score (nSPS) is 12.5. The zero-order valence-corrected chi connectivity index (χ0v) is 9.27. The molecule has 0 saturated carbocycles. The lowest BCUT2D eigenvalue weighted by Gasteiger charge is -2.03. The van der Waals surface area contributed by atoms with Crippen molar-refractivity contribution >= 4 is 0 Å². The van der Waals surface area contributed by atoms with Crippen LogP contribution in [0, 0.1) is 17.8 Å². The lowest BCUT2D eigenvalue weighted by atomic mass is 10.0. The van der Waals surface area contributed by atoms with Gasteiger partial charge in [0.05, 0.1) is 0 Å². The highest BCUT2D eigenvalue weighted by Gasteiger charge is 1.94. The maximum Gasteiger partial charge on any atom is 0.00637 e. The molecule has 74 valence electrons. The predicted molar refractivity (Wildman–Crippen MR) is 60.5 cm³/mol. The Labute approximate surface area is 83.4 Å². The number of allylic oxidation sites excluding steroid dienone is 2. The van der Waals surface area contributed by atoms with Gasteiger partial charge in [-0.1, -0.05) is 58.0 Å². The van der Waals surface area contributed by atoms with Gasteiger partial charge in [-0.25, -0.2) is 0 Å². The lowest BCUT2D eigenvalue weighted by molar-refractivity contribution is 0.576. The molecule has 0 radical (unpaired) electrons. The third-order valence-electron chi connectivity index (χ3n) is 2.05. The molecule has 0 aromatic carbocycles. The molecule has 0 bridgehead atoms. The van der Waals surface area contributed by atoms with Crippen molar-refractivity contribution in [2.45, 2.75) is 52.9 Å². The highest BCUT2D eigenvalue weighted by Crippen LogP contribution is 2.09. The van der Waals surface area contributed by atoms with Gasteiger partial charge in [0.1, 0.15) is 0 Å². The Morgan fingerprint density at radius 2 is 2.00 bits per heavy atom. The van der Waals surface area contributed by atoms with E-state index in [0.717, 1.165) is 6.42 Å². The Kier molecular flexibility index (Phi) is 8.88. The fourth-order valence-electron chi connectivity index (χ4n) is 1.19. The molecule has 0 heterocycles. The van der Waals surface area contributed by atoms with Crippen LogP contribution in [0.4, 0.5) is 0 Å². The van der Waals surface area contributed by atoms with E-state index in [9.17, 15) is 0 Å². The fourth-order valence-corrected chi connectivity index (χ4v) is 1.19. The van der Waals surface area contributed by atoms with E-state index in [0.29, 0.717) is 5.92 Å². The summed E-state index contributed by atoms with van der Waals surface area (Å²) in [5.41, 5.74) is 0. The molecule has 0 saturated heterocycles.